The van der Waals surface area contributed by atoms with Gasteiger partial charge in [0.1, 0.15) is 6.61 Å². The first-order valence-corrected chi connectivity index (χ1v) is 4.83. The molecule has 80 valence electrons. The Kier molecular flexibility index (Phi) is 10.9. The van der Waals surface area contributed by atoms with E-state index in [1.54, 1.807) is 6.92 Å². The zero-order valence-corrected chi connectivity index (χ0v) is 8.69. The number of carbonyl (C=O) groups excluding carboxylic acids is 1. The van der Waals surface area contributed by atoms with Crippen LogP contribution in [0, 0.1) is 11.3 Å². The van der Waals surface area contributed by atoms with Crippen LogP contribution < -0.4 is 0 Å². The Balaban J connectivity index is 0. The zero-order valence-electron chi connectivity index (χ0n) is 7.69. The monoisotopic (exact) mass is 221 g/mol. The molecule has 0 heterocycles. The number of hydrogen-bond donors (Lipinski definition) is 2. The van der Waals surface area contributed by atoms with Crippen LogP contribution in [-0.4, -0.2) is 22.4 Å². The standard InChI is InChI=1S/C7H9NO2.H3O3P/c1-6(2)7(9)10-5-3-4-8;1-4(2)3/h1,3,5H2,2H3;4H,(H2,1,2,3). The Morgan fingerprint density at radius 3 is 2.36 bits per heavy atom. The lowest BCUT2D eigenvalue weighted by Gasteiger charge is -1.98. The number of esters is 1. The molecule has 0 aliphatic carbocycles. The second-order valence-corrected chi connectivity index (χ2v) is 2.67. The van der Waals surface area contributed by atoms with Gasteiger partial charge in [0.15, 0.2) is 0 Å². The molecule has 6 nitrogen and oxygen atoms in total. The number of nitriles is 1. The van der Waals surface area contributed by atoms with Crippen molar-refractivity contribution in [1.29, 1.82) is 5.26 Å². The van der Waals surface area contributed by atoms with Crippen molar-refractivity contribution >= 4 is 14.2 Å². The molecule has 0 unspecified atom stereocenters. The third-order valence-corrected chi connectivity index (χ3v) is 0.795. The molecule has 0 amide bonds. The zero-order chi connectivity index (χ0) is 11.6. The van der Waals surface area contributed by atoms with Gasteiger partial charge in [0.25, 0.3) is 0 Å². The van der Waals surface area contributed by atoms with Crippen molar-refractivity contribution in [2.75, 3.05) is 6.61 Å². The highest BCUT2D eigenvalue weighted by molar-refractivity contribution is 7.30. The summed E-state index contributed by atoms with van der Waals surface area (Å²) in [6, 6.07) is 1.86. The summed E-state index contributed by atoms with van der Waals surface area (Å²) in [6.45, 7) is 5.10. The largest absolute Gasteiger partial charge is 0.461 e. The summed E-state index contributed by atoms with van der Waals surface area (Å²) in [4.78, 5) is 24.9. The summed E-state index contributed by atoms with van der Waals surface area (Å²) in [7, 11) is -3.13. The predicted molar refractivity (Wildman–Crippen MR) is 49.4 cm³/mol. The summed E-state index contributed by atoms with van der Waals surface area (Å²) in [6.07, 6.45) is 0.235. The maximum Gasteiger partial charge on any atom is 0.333 e. The fourth-order valence-corrected chi connectivity index (χ4v) is 0.313. The third kappa shape index (κ3) is 17.1. The second kappa shape index (κ2) is 9.93. The van der Waals surface area contributed by atoms with Crippen molar-refractivity contribution in [3.63, 3.8) is 0 Å². The minimum Gasteiger partial charge on any atom is -0.461 e. The van der Waals surface area contributed by atoms with Gasteiger partial charge in [0, 0.05) is 5.57 Å². The van der Waals surface area contributed by atoms with Gasteiger partial charge >= 0.3 is 14.2 Å². The van der Waals surface area contributed by atoms with Crippen LogP contribution in [0.1, 0.15) is 13.3 Å². The number of ether oxygens (including phenoxy) is 1. The fourth-order valence-electron chi connectivity index (χ4n) is 0.313. The van der Waals surface area contributed by atoms with E-state index in [2.05, 4.69) is 11.3 Å². The Bertz CT molecular complexity index is 253. The molecule has 14 heavy (non-hydrogen) atoms. The molecule has 0 fully saturated rings. The summed E-state index contributed by atoms with van der Waals surface area (Å²) in [5.41, 5.74) is 0.359. The van der Waals surface area contributed by atoms with Gasteiger partial charge in [-0.15, -0.1) is 0 Å². The SMILES string of the molecule is C=C(C)C(=O)OCCC#N.O=[PH](O)O. The normalized spacial score (nSPS) is 8.21. The van der Waals surface area contributed by atoms with E-state index in [0.717, 1.165) is 0 Å². The minimum absolute atomic E-state index is 0.155. The molecule has 0 saturated heterocycles. The molecule has 0 aliphatic heterocycles. The first-order chi connectivity index (χ1) is 6.41. The van der Waals surface area contributed by atoms with E-state index in [1.807, 2.05) is 6.07 Å². The molecule has 0 aromatic rings. The van der Waals surface area contributed by atoms with Crippen LogP contribution in [0.2, 0.25) is 0 Å². The van der Waals surface area contributed by atoms with Crippen LogP contribution in [-0.2, 0) is 14.1 Å². The lowest BCUT2D eigenvalue weighted by atomic mass is 10.4. The molecule has 0 aromatic carbocycles. The fraction of sp³-hybridized carbons (Fsp3) is 0.429. The van der Waals surface area contributed by atoms with Gasteiger partial charge in [0.2, 0.25) is 0 Å². The first-order valence-electron chi connectivity index (χ1n) is 3.53. The third-order valence-electron chi connectivity index (χ3n) is 0.795. The summed E-state index contributed by atoms with van der Waals surface area (Å²) in [5, 5.41) is 8.05. The van der Waals surface area contributed by atoms with Crippen molar-refractivity contribution in [2.24, 2.45) is 0 Å². The molecule has 0 rings (SSSR count). The van der Waals surface area contributed by atoms with Gasteiger partial charge in [-0.05, 0) is 6.92 Å². The van der Waals surface area contributed by atoms with Gasteiger partial charge in [-0.3, -0.25) is 4.57 Å². The Labute approximate surface area is 82.4 Å². The van der Waals surface area contributed by atoms with Crippen LogP contribution in [0.4, 0.5) is 0 Å². The molecular weight excluding hydrogens is 209 g/mol. The van der Waals surface area contributed by atoms with Crippen LogP contribution in [0.25, 0.3) is 0 Å². The van der Waals surface area contributed by atoms with Crippen molar-refractivity contribution < 1.29 is 23.9 Å². The number of rotatable bonds is 3. The van der Waals surface area contributed by atoms with Crippen molar-refractivity contribution in [3.05, 3.63) is 12.2 Å². The maximum atomic E-state index is 10.6. The smallest absolute Gasteiger partial charge is 0.333 e. The molecule has 0 radical (unpaired) electrons. The highest BCUT2D eigenvalue weighted by Crippen LogP contribution is 1.98. The molecule has 0 atom stereocenters. The van der Waals surface area contributed by atoms with Gasteiger partial charge < -0.3 is 14.5 Å². The molecular formula is C7H12NO5P. The van der Waals surface area contributed by atoms with Gasteiger partial charge in [-0.25, -0.2) is 4.79 Å². The van der Waals surface area contributed by atoms with Crippen molar-refractivity contribution in [1.82, 2.24) is 0 Å². The molecule has 0 aliphatic rings. The molecule has 0 aromatic heterocycles. The summed E-state index contributed by atoms with van der Waals surface area (Å²) >= 11 is 0. The van der Waals surface area contributed by atoms with E-state index < -0.39 is 14.2 Å². The van der Waals surface area contributed by atoms with E-state index in [1.165, 1.54) is 0 Å². The summed E-state index contributed by atoms with van der Waals surface area (Å²) in [5.74, 6) is -0.435. The quantitative estimate of drug-likeness (QED) is 0.308. The van der Waals surface area contributed by atoms with E-state index in [9.17, 15) is 4.79 Å². The van der Waals surface area contributed by atoms with E-state index in [-0.39, 0.29) is 13.0 Å². The molecule has 2 N–H and O–H groups in total. The second-order valence-electron chi connectivity index (χ2n) is 2.11. The molecule has 0 bridgehead atoms. The van der Waals surface area contributed by atoms with E-state index >= 15 is 0 Å². The number of hydrogen-bond acceptors (Lipinski definition) is 4. The average molecular weight is 221 g/mol. The average Bonchev–Trinajstić information content (AvgIpc) is 2.03. The van der Waals surface area contributed by atoms with Crippen molar-refractivity contribution in [2.45, 2.75) is 13.3 Å². The lowest BCUT2D eigenvalue weighted by Crippen LogP contribution is -2.05. The van der Waals surface area contributed by atoms with Crippen LogP contribution in [0.5, 0.6) is 0 Å². The predicted octanol–water partition coefficient (Wildman–Crippen LogP) is 0.380. The number of nitrogens with zero attached hydrogens (tertiary/aromatic N) is 1. The molecule has 0 spiro atoms. The van der Waals surface area contributed by atoms with Gasteiger partial charge in [-0.1, -0.05) is 6.58 Å². The van der Waals surface area contributed by atoms with Crippen LogP contribution >= 0.6 is 8.25 Å². The topological polar surface area (TPSA) is 108 Å². The number of carbonyl (C=O) groups is 1. The Hall–Kier alpha value is -1.15. The highest BCUT2D eigenvalue weighted by Gasteiger charge is 2.00. The molecule has 0 saturated carbocycles. The van der Waals surface area contributed by atoms with Gasteiger partial charge in [0.05, 0.1) is 12.5 Å². The van der Waals surface area contributed by atoms with E-state index in [0.29, 0.717) is 5.57 Å². The minimum atomic E-state index is -3.13. The van der Waals surface area contributed by atoms with Crippen LogP contribution in [0.15, 0.2) is 12.2 Å². The Morgan fingerprint density at radius 1 is 1.64 bits per heavy atom. The van der Waals surface area contributed by atoms with Gasteiger partial charge in [-0.2, -0.15) is 5.26 Å². The first kappa shape index (κ1) is 15.3. The lowest BCUT2D eigenvalue weighted by molar-refractivity contribution is -0.138. The maximum absolute atomic E-state index is 10.6. The van der Waals surface area contributed by atoms with Crippen molar-refractivity contribution in [3.8, 4) is 6.07 Å². The highest BCUT2D eigenvalue weighted by atomic mass is 31.1. The van der Waals surface area contributed by atoms with E-state index in [4.69, 9.17) is 19.6 Å². The van der Waals surface area contributed by atoms with Crippen LogP contribution in [0.3, 0.4) is 0 Å². The Morgan fingerprint density at radius 2 is 2.07 bits per heavy atom. The molecule has 7 heteroatoms. The summed E-state index contributed by atoms with van der Waals surface area (Å²) < 4.78 is 13.3.